The third-order valence-electron chi connectivity index (χ3n) is 4.86. The van der Waals surface area contributed by atoms with Gasteiger partial charge in [-0.25, -0.2) is 9.13 Å². The van der Waals surface area contributed by atoms with Gasteiger partial charge in [-0.2, -0.15) is 0 Å². The first-order chi connectivity index (χ1) is 11.9. The van der Waals surface area contributed by atoms with Gasteiger partial charge in [-0.3, -0.25) is 0 Å². The molecule has 0 fully saturated rings. The van der Waals surface area contributed by atoms with Crippen LogP contribution in [0, 0.1) is 0 Å². The molecular weight excluding hydrogens is 419 g/mol. The van der Waals surface area contributed by atoms with E-state index in [2.05, 4.69) is 41.4 Å². The summed E-state index contributed by atoms with van der Waals surface area (Å²) in [6.07, 6.45) is 28.4. The number of hydrogen-bond acceptors (Lipinski definition) is 0. The largest absolute Gasteiger partial charge is 1.00 e. The summed E-state index contributed by atoms with van der Waals surface area (Å²) in [6.45, 7) is 8.13. The monoisotopic (exact) mass is 460 g/mol. The molecule has 25 heavy (non-hydrogen) atoms. The third kappa shape index (κ3) is 14.5. The maximum atomic E-state index is 3.78. The lowest BCUT2D eigenvalue weighted by molar-refractivity contribution is -0.696. The summed E-state index contributed by atoms with van der Waals surface area (Å²) < 4.78 is 4.47. The van der Waals surface area contributed by atoms with E-state index >= 15 is 0 Å². The third-order valence-corrected chi connectivity index (χ3v) is 4.86. The van der Waals surface area contributed by atoms with Crippen molar-refractivity contribution < 1.29 is 28.5 Å². The molecule has 0 bridgehead atoms. The van der Waals surface area contributed by atoms with Crippen molar-refractivity contribution >= 4 is 0 Å². The van der Waals surface area contributed by atoms with Crippen molar-refractivity contribution in [1.82, 2.24) is 4.57 Å². The van der Waals surface area contributed by atoms with Crippen LogP contribution in [-0.4, -0.2) is 4.57 Å². The molecule has 1 heterocycles. The van der Waals surface area contributed by atoms with Crippen LogP contribution >= 0.6 is 0 Å². The highest BCUT2D eigenvalue weighted by molar-refractivity contribution is 4.73. The lowest BCUT2D eigenvalue weighted by atomic mass is 10.0. The number of nitrogens with zero attached hydrogens (tertiary/aromatic N) is 2. The van der Waals surface area contributed by atoms with Gasteiger partial charge in [0, 0.05) is 0 Å². The molecule has 0 aromatic carbocycles. The Hall–Kier alpha value is -0.320. The van der Waals surface area contributed by atoms with Gasteiger partial charge in [-0.15, -0.1) is 0 Å². The molecule has 0 aliphatic rings. The van der Waals surface area contributed by atoms with Crippen LogP contribution in [0.4, 0.5) is 0 Å². The van der Waals surface area contributed by atoms with Crippen LogP contribution in [0.1, 0.15) is 96.8 Å². The molecule has 146 valence electrons. The zero-order valence-electron chi connectivity index (χ0n) is 16.6. The average Bonchev–Trinajstić information content (AvgIpc) is 3.03. The Labute approximate surface area is 174 Å². The zero-order valence-corrected chi connectivity index (χ0v) is 18.8. The molecule has 0 amide bonds. The summed E-state index contributed by atoms with van der Waals surface area (Å²) in [7, 11) is 0. The second-order valence-corrected chi connectivity index (χ2v) is 7.23. The number of aryl methyl sites for hydroxylation is 1. The smallest absolute Gasteiger partial charge is 0.244 e. The molecule has 1 aromatic heterocycles. The summed E-state index contributed by atoms with van der Waals surface area (Å²) in [6, 6.07) is 0. The van der Waals surface area contributed by atoms with Gasteiger partial charge in [-0.1, -0.05) is 96.6 Å². The van der Waals surface area contributed by atoms with E-state index in [9.17, 15) is 0 Å². The SMILES string of the molecule is C=CCn1cc[n+](CCCCCCCCCCCCCCCC)c1.[I-]. The van der Waals surface area contributed by atoms with E-state index in [1.807, 2.05) is 6.08 Å². The predicted octanol–water partition coefficient (Wildman–Crippen LogP) is 3.45. The van der Waals surface area contributed by atoms with Crippen molar-refractivity contribution in [3.8, 4) is 0 Å². The minimum absolute atomic E-state index is 0. The van der Waals surface area contributed by atoms with Gasteiger partial charge in [-0.05, 0) is 12.8 Å². The highest BCUT2D eigenvalue weighted by Crippen LogP contribution is 2.12. The molecule has 0 aliphatic heterocycles. The zero-order chi connectivity index (χ0) is 17.3. The van der Waals surface area contributed by atoms with Crippen LogP contribution in [0.3, 0.4) is 0 Å². The number of imidazole rings is 1. The minimum Gasteiger partial charge on any atom is -1.00 e. The highest BCUT2D eigenvalue weighted by Gasteiger charge is 2.01. The Morgan fingerprint density at radius 1 is 0.800 bits per heavy atom. The highest BCUT2D eigenvalue weighted by atomic mass is 127. The second-order valence-electron chi connectivity index (χ2n) is 7.23. The lowest BCUT2D eigenvalue weighted by Gasteiger charge is -2.03. The fourth-order valence-electron chi connectivity index (χ4n) is 3.32. The molecule has 0 saturated carbocycles. The molecule has 0 radical (unpaired) electrons. The number of allylic oxidation sites excluding steroid dienone is 1. The first-order valence-electron chi connectivity index (χ1n) is 10.5. The summed E-state index contributed by atoms with van der Waals surface area (Å²) >= 11 is 0. The van der Waals surface area contributed by atoms with Crippen LogP contribution in [0.5, 0.6) is 0 Å². The summed E-state index contributed by atoms with van der Waals surface area (Å²) in [5, 5.41) is 0. The van der Waals surface area contributed by atoms with Gasteiger partial charge in [0.15, 0.2) is 0 Å². The molecule has 0 unspecified atom stereocenters. The molecule has 0 saturated heterocycles. The fourth-order valence-corrected chi connectivity index (χ4v) is 3.32. The van der Waals surface area contributed by atoms with E-state index in [0.717, 1.165) is 13.1 Å². The number of unbranched alkanes of at least 4 members (excludes halogenated alkanes) is 13. The maximum Gasteiger partial charge on any atom is 0.244 e. The van der Waals surface area contributed by atoms with Crippen molar-refractivity contribution in [2.45, 2.75) is 110 Å². The van der Waals surface area contributed by atoms with Crippen LogP contribution in [-0.2, 0) is 13.1 Å². The quantitative estimate of drug-likeness (QED) is 0.146. The minimum atomic E-state index is 0. The van der Waals surface area contributed by atoms with Crippen molar-refractivity contribution in [2.24, 2.45) is 0 Å². The summed E-state index contributed by atoms with van der Waals surface area (Å²) in [5.74, 6) is 0. The van der Waals surface area contributed by atoms with E-state index in [1.165, 1.54) is 89.9 Å². The molecular formula is C22H41IN2. The summed E-state index contributed by atoms with van der Waals surface area (Å²) in [4.78, 5) is 0. The topological polar surface area (TPSA) is 8.81 Å². The Morgan fingerprint density at radius 2 is 1.28 bits per heavy atom. The first kappa shape index (κ1) is 24.7. The fraction of sp³-hybridized carbons (Fsp3) is 0.773. The molecule has 0 N–H and O–H groups in total. The molecule has 2 nitrogen and oxygen atoms in total. The van der Waals surface area contributed by atoms with Gasteiger partial charge in [0.05, 0.1) is 6.54 Å². The van der Waals surface area contributed by atoms with Crippen molar-refractivity contribution in [1.29, 1.82) is 0 Å². The van der Waals surface area contributed by atoms with E-state index < -0.39 is 0 Å². The Kier molecular flexibility index (Phi) is 18.2. The molecule has 0 spiro atoms. The van der Waals surface area contributed by atoms with Crippen LogP contribution in [0.25, 0.3) is 0 Å². The van der Waals surface area contributed by atoms with E-state index in [0.29, 0.717) is 0 Å². The number of halogens is 1. The van der Waals surface area contributed by atoms with Gasteiger partial charge < -0.3 is 24.0 Å². The van der Waals surface area contributed by atoms with Crippen LogP contribution in [0.2, 0.25) is 0 Å². The van der Waals surface area contributed by atoms with Crippen molar-refractivity contribution in [2.75, 3.05) is 0 Å². The molecule has 1 rings (SSSR count). The van der Waals surface area contributed by atoms with Gasteiger partial charge >= 0.3 is 0 Å². The van der Waals surface area contributed by atoms with Crippen LogP contribution in [0.15, 0.2) is 31.4 Å². The van der Waals surface area contributed by atoms with Gasteiger partial charge in [0.2, 0.25) is 6.33 Å². The molecule has 3 heteroatoms. The normalized spacial score (nSPS) is 10.6. The lowest BCUT2D eigenvalue weighted by Crippen LogP contribution is -3.00. The number of aromatic nitrogens is 2. The van der Waals surface area contributed by atoms with Crippen molar-refractivity contribution in [3.63, 3.8) is 0 Å². The molecule has 0 atom stereocenters. The maximum absolute atomic E-state index is 3.78. The molecule has 1 aromatic rings. The number of rotatable bonds is 17. The Bertz CT molecular complexity index is 400. The Balaban J connectivity index is 0.00000576. The standard InChI is InChI=1S/C22H41N2.HI/c1-3-5-6-7-8-9-10-11-12-13-14-15-16-17-19-24-21-20-23(22-24)18-4-2;/h4,20-22H,2-3,5-19H2,1H3;1H/q+1;/p-1. The van der Waals surface area contributed by atoms with Crippen molar-refractivity contribution in [3.05, 3.63) is 31.4 Å². The van der Waals surface area contributed by atoms with Crippen LogP contribution < -0.4 is 28.5 Å². The Morgan fingerprint density at radius 3 is 1.76 bits per heavy atom. The number of hydrogen-bond donors (Lipinski definition) is 0. The second kappa shape index (κ2) is 18.5. The van der Waals surface area contributed by atoms with E-state index in [1.54, 1.807) is 0 Å². The van der Waals surface area contributed by atoms with E-state index in [4.69, 9.17) is 0 Å². The first-order valence-corrected chi connectivity index (χ1v) is 10.5. The van der Waals surface area contributed by atoms with E-state index in [-0.39, 0.29) is 24.0 Å². The summed E-state index contributed by atoms with van der Waals surface area (Å²) in [5.41, 5.74) is 0. The molecule has 0 aliphatic carbocycles. The predicted molar refractivity (Wildman–Crippen MR) is 105 cm³/mol. The van der Waals surface area contributed by atoms with Gasteiger partial charge in [0.1, 0.15) is 18.9 Å². The average molecular weight is 460 g/mol. The van der Waals surface area contributed by atoms with Gasteiger partial charge in [0.25, 0.3) is 0 Å².